The highest BCUT2D eigenvalue weighted by Gasteiger charge is 2.09. The largest absolute Gasteiger partial charge is 0.354 e. The molecule has 1 unspecified atom stereocenters. The lowest BCUT2D eigenvalue weighted by atomic mass is 10.1. The maximum Gasteiger partial charge on any atom is 0.191 e. The molecule has 0 saturated carbocycles. The van der Waals surface area contributed by atoms with E-state index in [0.29, 0.717) is 18.5 Å². The van der Waals surface area contributed by atoms with Crippen LogP contribution < -0.4 is 10.6 Å². The molecule has 2 rings (SSSR count). The molecule has 1 atom stereocenters. The van der Waals surface area contributed by atoms with Gasteiger partial charge < -0.3 is 15.6 Å². The summed E-state index contributed by atoms with van der Waals surface area (Å²) in [4.78, 5) is 12.0. The standard InChI is InChI=1S/C17H25N5.HI/c1-12(2)13(3)21-17(18-4)20-11-16-19-10-15(22-16)14-8-6-5-7-9-14;/h5-10,12-13H,11H2,1-4H3,(H,19,22)(H2,18,20,21);1H. The van der Waals surface area contributed by atoms with Gasteiger partial charge in [-0.1, -0.05) is 44.2 Å². The number of imidazole rings is 1. The normalized spacial score (nSPS) is 12.7. The molecule has 2 aromatic rings. The first-order valence-electron chi connectivity index (χ1n) is 7.66. The van der Waals surface area contributed by atoms with Crippen molar-refractivity contribution in [1.29, 1.82) is 0 Å². The minimum absolute atomic E-state index is 0. The molecule has 1 aromatic carbocycles. The van der Waals surface area contributed by atoms with Gasteiger partial charge in [0, 0.05) is 13.1 Å². The first-order valence-corrected chi connectivity index (χ1v) is 7.66. The van der Waals surface area contributed by atoms with E-state index in [-0.39, 0.29) is 24.0 Å². The van der Waals surface area contributed by atoms with Gasteiger partial charge in [0.2, 0.25) is 0 Å². The van der Waals surface area contributed by atoms with Crippen LogP contribution in [0.3, 0.4) is 0 Å². The summed E-state index contributed by atoms with van der Waals surface area (Å²) in [5.74, 6) is 2.23. The van der Waals surface area contributed by atoms with Crippen molar-refractivity contribution in [3.63, 3.8) is 0 Å². The molecule has 0 aliphatic heterocycles. The van der Waals surface area contributed by atoms with Crippen molar-refractivity contribution in [2.45, 2.75) is 33.4 Å². The molecule has 0 spiro atoms. The fraction of sp³-hybridized carbons (Fsp3) is 0.412. The van der Waals surface area contributed by atoms with Gasteiger partial charge in [0.05, 0.1) is 18.4 Å². The van der Waals surface area contributed by atoms with Crippen LogP contribution in [0.4, 0.5) is 0 Å². The monoisotopic (exact) mass is 427 g/mol. The van der Waals surface area contributed by atoms with E-state index in [9.17, 15) is 0 Å². The summed E-state index contributed by atoms with van der Waals surface area (Å²) in [6.45, 7) is 7.13. The average molecular weight is 427 g/mol. The number of hydrogen-bond donors (Lipinski definition) is 3. The van der Waals surface area contributed by atoms with Crippen LogP contribution >= 0.6 is 24.0 Å². The van der Waals surface area contributed by atoms with Gasteiger partial charge in [-0.15, -0.1) is 24.0 Å². The SMILES string of the molecule is CN=C(NCc1ncc(-c2ccccc2)[nH]1)NC(C)C(C)C.I. The Morgan fingerprint density at radius 2 is 1.91 bits per heavy atom. The van der Waals surface area contributed by atoms with Gasteiger partial charge in [0.15, 0.2) is 5.96 Å². The van der Waals surface area contributed by atoms with Gasteiger partial charge in [-0.05, 0) is 18.4 Å². The van der Waals surface area contributed by atoms with Gasteiger partial charge in [-0.25, -0.2) is 4.98 Å². The van der Waals surface area contributed by atoms with Crippen molar-refractivity contribution >= 4 is 29.9 Å². The zero-order valence-corrected chi connectivity index (χ0v) is 16.5. The number of hydrogen-bond acceptors (Lipinski definition) is 2. The molecule has 0 amide bonds. The number of rotatable bonds is 5. The maximum atomic E-state index is 4.41. The molecule has 0 aliphatic carbocycles. The third-order valence-corrected chi connectivity index (χ3v) is 3.72. The molecule has 0 aliphatic rings. The lowest BCUT2D eigenvalue weighted by Gasteiger charge is -2.20. The summed E-state index contributed by atoms with van der Waals surface area (Å²) in [7, 11) is 1.78. The molecule has 6 heteroatoms. The predicted octanol–water partition coefficient (Wildman–Crippen LogP) is 3.40. The highest BCUT2D eigenvalue weighted by molar-refractivity contribution is 14.0. The Labute approximate surface area is 155 Å². The molecule has 1 heterocycles. The first kappa shape index (κ1) is 19.5. The predicted molar refractivity (Wildman–Crippen MR) is 107 cm³/mol. The molecule has 0 radical (unpaired) electrons. The van der Waals surface area contributed by atoms with Crippen LogP contribution in [0.2, 0.25) is 0 Å². The number of nitrogens with one attached hydrogen (secondary N) is 3. The van der Waals surface area contributed by atoms with E-state index >= 15 is 0 Å². The van der Waals surface area contributed by atoms with Gasteiger partial charge >= 0.3 is 0 Å². The minimum atomic E-state index is 0. The van der Waals surface area contributed by atoms with E-state index in [4.69, 9.17) is 0 Å². The minimum Gasteiger partial charge on any atom is -0.354 e. The van der Waals surface area contributed by atoms with E-state index in [1.807, 2.05) is 24.4 Å². The van der Waals surface area contributed by atoms with E-state index in [1.165, 1.54) is 0 Å². The Bertz CT molecular complexity index is 606. The van der Waals surface area contributed by atoms with Crippen LogP contribution in [0, 0.1) is 5.92 Å². The zero-order chi connectivity index (χ0) is 15.9. The quantitative estimate of drug-likeness (QED) is 0.389. The Balaban J connectivity index is 0.00000264. The highest BCUT2D eigenvalue weighted by atomic mass is 127. The third-order valence-electron chi connectivity index (χ3n) is 3.72. The molecular formula is C17H26IN5. The molecule has 0 bridgehead atoms. The number of aromatic nitrogens is 2. The smallest absolute Gasteiger partial charge is 0.191 e. The van der Waals surface area contributed by atoms with Crippen LogP contribution in [0.15, 0.2) is 41.5 Å². The van der Waals surface area contributed by atoms with E-state index in [2.05, 4.69) is 58.5 Å². The van der Waals surface area contributed by atoms with Gasteiger partial charge in [-0.2, -0.15) is 0 Å². The lowest BCUT2D eigenvalue weighted by molar-refractivity contribution is 0.480. The molecular weight excluding hydrogens is 401 g/mol. The molecule has 1 aromatic heterocycles. The summed E-state index contributed by atoms with van der Waals surface area (Å²) in [6, 6.07) is 10.5. The van der Waals surface area contributed by atoms with Crippen LogP contribution in [-0.2, 0) is 6.54 Å². The van der Waals surface area contributed by atoms with Gasteiger partial charge in [-0.3, -0.25) is 4.99 Å². The first-order chi connectivity index (χ1) is 10.6. The van der Waals surface area contributed by atoms with Crippen molar-refractivity contribution in [1.82, 2.24) is 20.6 Å². The second-order valence-electron chi connectivity index (χ2n) is 5.71. The fourth-order valence-corrected chi connectivity index (χ4v) is 1.96. The topological polar surface area (TPSA) is 65.1 Å². The summed E-state index contributed by atoms with van der Waals surface area (Å²) in [5.41, 5.74) is 2.16. The number of H-pyrrole nitrogens is 1. The van der Waals surface area contributed by atoms with Gasteiger partial charge in [0.25, 0.3) is 0 Å². The number of aliphatic imine (C=N–C) groups is 1. The van der Waals surface area contributed by atoms with Crippen molar-refractivity contribution in [2.24, 2.45) is 10.9 Å². The Hall–Kier alpha value is -1.57. The summed E-state index contributed by atoms with van der Waals surface area (Å²) < 4.78 is 0. The average Bonchev–Trinajstić information content (AvgIpc) is 3.00. The fourth-order valence-electron chi connectivity index (χ4n) is 1.96. The van der Waals surface area contributed by atoms with Gasteiger partial charge in [0.1, 0.15) is 5.82 Å². The van der Waals surface area contributed by atoms with Crippen LogP contribution in [-0.4, -0.2) is 29.0 Å². The Morgan fingerprint density at radius 1 is 1.22 bits per heavy atom. The number of halogens is 1. The van der Waals surface area contributed by atoms with Crippen LogP contribution in [0.1, 0.15) is 26.6 Å². The van der Waals surface area contributed by atoms with Crippen molar-refractivity contribution in [2.75, 3.05) is 7.05 Å². The summed E-state index contributed by atoms with van der Waals surface area (Å²) in [6.07, 6.45) is 1.86. The van der Waals surface area contributed by atoms with E-state index < -0.39 is 0 Å². The maximum absolute atomic E-state index is 4.41. The molecule has 5 nitrogen and oxygen atoms in total. The zero-order valence-electron chi connectivity index (χ0n) is 14.1. The molecule has 3 N–H and O–H groups in total. The Kier molecular flexibility index (Phi) is 8.08. The van der Waals surface area contributed by atoms with Crippen molar-refractivity contribution in [3.8, 4) is 11.3 Å². The molecule has 0 saturated heterocycles. The lowest BCUT2D eigenvalue weighted by Crippen LogP contribution is -2.44. The Morgan fingerprint density at radius 3 is 2.52 bits per heavy atom. The van der Waals surface area contributed by atoms with E-state index in [1.54, 1.807) is 7.05 Å². The summed E-state index contributed by atoms with van der Waals surface area (Å²) >= 11 is 0. The van der Waals surface area contributed by atoms with Crippen LogP contribution in [0.25, 0.3) is 11.3 Å². The second kappa shape index (κ2) is 9.54. The number of aromatic amines is 1. The number of nitrogens with zero attached hydrogens (tertiary/aromatic N) is 2. The molecule has 23 heavy (non-hydrogen) atoms. The number of benzene rings is 1. The summed E-state index contributed by atoms with van der Waals surface area (Å²) in [5, 5.41) is 6.65. The van der Waals surface area contributed by atoms with Crippen LogP contribution in [0.5, 0.6) is 0 Å². The molecule has 126 valence electrons. The van der Waals surface area contributed by atoms with Crippen molar-refractivity contribution < 1.29 is 0 Å². The van der Waals surface area contributed by atoms with E-state index in [0.717, 1.165) is 23.0 Å². The van der Waals surface area contributed by atoms with Crippen molar-refractivity contribution in [3.05, 3.63) is 42.4 Å². The molecule has 0 fully saturated rings. The second-order valence-corrected chi connectivity index (χ2v) is 5.71. The number of guanidine groups is 1. The third kappa shape index (κ3) is 5.85. The highest BCUT2D eigenvalue weighted by Crippen LogP contribution is 2.15.